The van der Waals surface area contributed by atoms with Crippen molar-refractivity contribution >= 4 is 11.9 Å². The number of phenols is 3. The van der Waals surface area contributed by atoms with E-state index >= 15 is 0 Å². The van der Waals surface area contributed by atoms with E-state index in [2.05, 4.69) is 0 Å². The molecule has 0 saturated heterocycles. The van der Waals surface area contributed by atoms with Gasteiger partial charge in [0.15, 0.2) is 5.78 Å². The van der Waals surface area contributed by atoms with E-state index in [0.717, 1.165) is 5.57 Å². The van der Waals surface area contributed by atoms with Crippen molar-refractivity contribution in [3.8, 4) is 23.0 Å². The lowest BCUT2D eigenvalue weighted by molar-refractivity contribution is 0.104. The van der Waals surface area contributed by atoms with Crippen LogP contribution in [0.3, 0.4) is 0 Å². The molecule has 0 aromatic heterocycles. The molecule has 2 aromatic carbocycles. The fraction of sp³-hybridized carbons (Fsp3) is 0.150. The van der Waals surface area contributed by atoms with Gasteiger partial charge < -0.3 is 20.1 Å². The van der Waals surface area contributed by atoms with Crippen molar-refractivity contribution in [3.05, 3.63) is 65.3 Å². The lowest BCUT2D eigenvalue weighted by Crippen LogP contribution is -1.99. The first-order valence-electron chi connectivity index (χ1n) is 7.70. The minimum Gasteiger partial charge on any atom is -0.508 e. The Hall–Kier alpha value is -3.21. The summed E-state index contributed by atoms with van der Waals surface area (Å²) in [5.41, 5.74) is 1.59. The van der Waals surface area contributed by atoms with E-state index in [4.69, 9.17) is 4.74 Å². The molecule has 2 aromatic rings. The number of benzene rings is 2. The number of carbonyl (C=O) groups excluding carboxylic acids is 1. The second kappa shape index (κ2) is 8.06. The van der Waals surface area contributed by atoms with Crippen LogP contribution >= 0.6 is 0 Å². The summed E-state index contributed by atoms with van der Waals surface area (Å²) in [6, 6.07) is 8.85. The van der Waals surface area contributed by atoms with Gasteiger partial charge in [-0.05, 0) is 43.7 Å². The van der Waals surface area contributed by atoms with E-state index in [0.29, 0.717) is 12.2 Å². The van der Waals surface area contributed by atoms with Gasteiger partial charge in [0.2, 0.25) is 0 Å². The highest BCUT2D eigenvalue weighted by Crippen LogP contribution is 2.33. The third kappa shape index (κ3) is 5.14. The minimum atomic E-state index is -0.543. The van der Waals surface area contributed by atoms with Crippen LogP contribution in [-0.2, 0) is 0 Å². The zero-order chi connectivity index (χ0) is 18.4. The number of carbonyl (C=O) groups is 1. The molecule has 5 nitrogen and oxygen atoms in total. The Morgan fingerprint density at radius 1 is 1.04 bits per heavy atom. The number of ketones is 1. The maximum atomic E-state index is 12.2. The molecule has 0 spiro atoms. The molecule has 3 N–H and O–H groups in total. The molecule has 0 heterocycles. The second-order valence-corrected chi connectivity index (χ2v) is 5.72. The largest absolute Gasteiger partial charge is 0.508 e. The Morgan fingerprint density at radius 2 is 1.64 bits per heavy atom. The third-order valence-electron chi connectivity index (χ3n) is 3.38. The van der Waals surface area contributed by atoms with Gasteiger partial charge >= 0.3 is 0 Å². The van der Waals surface area contributed by atoms with Crippen molar-refractivity contribution in [3.63, 3.8) is 0 Å². The molecular formula is C20H20O5. The summed E-state index contributed by atoms with van der Waals surface area (Å²) in [7, 11) is 0. The Labute approximate surface area is 146 Å². The number of ether oxygens (including phenoxy) is 1. The van der Waals surface area contributed by atoms with Crippen LogP contribution in [-0.4, -0.2) is 27.7 Å². The first-order valence-corrected chi connectivity index (χ1v) is 7.70. The van der Waals surface area contributed by atoms with E-state index in [1.54, 1.807) is 12.1 Å². The van der Waals surface area contributed by atoms with Crippen LogP contribution in [0.25, 0.3) is 6.08 Å². The van der Waals surface area contributed by atoms with Crippen LogP contribution < -0.4 is 4.74 Å². The zero-order valence-corrected chi connectivity index (χ0v) is 14.1. The highest BCUT2D eigenvalue weighted by molar-refractivity contribution is 6.10. The molecule has 0 saturated carbocycles. The summed E-state index contributed by atoms with van der Waals surface area (Å²) in [6.45, 7) is 4.16. The van der Waals surface area contributed by atoms with Crippen LogP contribution in [0.15, 0.2) is 54.1 Å². The van der Waals surface area contributed by atoms with Gasteiger partial charge in [-0.15, -0.1) is 0 Å². The normalized spacial score (nSPS) is 10.6. The molecule has 130 valence electrons. The van der Waals surface area contributed by atoms with Crippen molar-refractivity contribution < 1.29 is 24.9 Å². The number of allylic oxidation sites excluding steroid dienone is 2. The molecule has 0 bridgehead atoms. The van der Waals surface area contributed by atoms with E-state index in [9.17, 15) is 20.1 Å². The SMILES string of the molecule is CC(C)=CCOc1cc(O)c(C(=O)C=Cc2ccc(O)cc2)c(O)c1. The molecular weight excluding hydrogens is 320 g/mol. The average Bonchev–Trinajstić information content (AvgIpc) is 2.53. The summed E-state index contributed by atoms with van der Waals surface area (Å²) in [4.78, 5) is 12.2. The molecule has 5 heteroatoms. The topological polar surface area (TPSA) is 87.0 Å². The Balaban J connectivity index is 2.16. The summed E-state index contributed by atoms with van der Waals surface area (Å²) in [5.74, 6) is -0.854. The van der Waals surface area contributed by atoms with Crippen LogP contribution in [0, 0.1) is 0 Å². The third-order valence-corrected chi connectivity index (χ3v) is 3.38. The molecule has 0 aliphatic heterocycles. The van der Waals surface area contributed by atoms with E-state index < -0.39 is 5.78 Å². The van der Waals surface area contributed by atoms with E-state index in [1.165, 1.54) is 36.4 Å². The second-order valence-electron chi connectivity index (χ2n) is 5.72. The standard InChI is InChI=1S/C20H20O5/c1-13(2)9-10-25-16-11-18(23)20(19(24)12-16)17(22)8-5-14-3-6-15(21)7-4-14/h3-9,11-12,21,23-24H,10H2,1-2H3. The van der Waals surface area contributed by atoms with Gasteiger partial charge in [-0.1, -0.05) is 23.8 Å². The van der Waals surface area contributed by atoms with Gasteiger partial charge in [-0.2, -0.15) is 0 Å². The van der Waals surface area contributed by atoms with Crippen molar-refractivity contribution in [2.75, 3.05) is 6.61 Å². The summed E-state index contributed by atoms with van der Waals surface area (Å²) < 4.78 is 5.40. The Morgan fingerprint density at radius 3 is 2.20 bits per heavy atom. The number of aromatic hydroxyl groups is 3. The molecule has 0 amide bonds. The van der Waals surface area contributed by atoms with E-state index in [1.807, 2.05) is 19.9 Å². The Kier molecular flexibility index (Phi) is 5.84. The molecule has 0 fully saturated rings. The highest BCUT2D eigenvalue weighted by atomic mass is 16.5. The molecule has 0 aliphatic carbocycles. The van der Waals surface area contributed by atoms with Crippen LogP contribution in [0.5, 0.6) is 23.0 Å². The summed E-state index contributed by atoms with van der Waals surface area (Å²) in [6.07, 6.45) is 4.62. The van der Waals surface area contributed by atoms with Gasteiger partial charge in [-0.25, -0.2) is 0 Å². The number of phenolic OH excluding ortho intramolecular Hbond substituents is 3. The number of hydrogen-bond acceptors (Lipinski definition) is 5. The maximum Gasteiger partial charge on any atom is 0.193 e. The zero-order valence-electron chi connectivity index (χ0n) is 14.1. The fourth-order valence-corrected chi connectivity index (χ4v) is 2.07. The lowest BCUT2D eigenvalue weighted by Gasteiger charge is -2.09. The summed E-state index contributed by atoms with van der Waals surface area (Å²) in [5, 5.41) is 29.3. The van der Waals surface area contributed by atoms with Crippen LogP contribution in [0.2, 0.25) is 0 Å². The van der Waals surface area contributed by atoms with Crippen molar-refractivity contribution in [2.24, 2.45) is 0 Å². The fourth-order valence-electron chi connectivity index (χ4n) is 2.07. The van der Waals surface area contributed by atoms with Gasteiger partial charge in [0.1, 0.15) is 35.2 Å². The lowest BCUT2D eigenvalue weighted by atomic mass is 10.1. The van der Waals surface area contributed by atoms with E-state index in [-0.39, 0.29) is 28.6 Å². The van der Waals surface area contributed by atoms with Crippen molar-refractivity contribution in [2.45, 2.75) is 13.8 Å². The predicted octanol–water partition coefficient (Wildman–Crippen LogP) is 4.04. The quantitative estimate of drug-likeness (QED) is 0.420. The molecule has 0 atom stereocenters. The predicted molar refractivity (Wildman–Crippen MR) is 96.2 cm³/mol. The van der Waals surface area contributed by atoms with Crippen LogP contribution in [0.4, 0.5) is 0 Å². The Bertz CT molecular complexity index is 789. The number of rotatable bonds is 6. The van der Waals surface area contributed by atoms with Gasteiger partial charge in [0.05, 0.1) is 0 Å². The van der Waals surface area contributed by atoms with Gasteiger partial charge in [0, 0.05) is 12.1 Å². The molecule has 2 rings (SSSR count). The minimum absolute atomic E-state index is 0.127. The van der Waals surface area contributed by atoms with Crippen LogP contribution in [0.1, 0.15) is 29.8 Å². The van der Waals surface area contributed by atoms with Crippen molar-refractivity contribution in [1.29, 1.82) is 0 Å². The van der Waals surface area contributed by atoms with Gasteiger partial charge in [-0.3, -0.25) is 4.79 Å². The average molecular weight is 340 g/mol. The molecule has 0 radical (unpaired) electrons. The first-order chi connectivity index (χ1) is 11.9. The first kappa shape index (κ1) is 18.1. The maximum absolute atomic E-state index is 12.2. The molecule has 25 heavy (non-hydrogen) atoms. The summed E-state index contributed by atoms with van der Waals surface area (Å²) >= 11 is 0. The van der Waals surface area contributed by atoms with Crippen molar-refractivity contribution in [1.82, 2.24) is 0 Å². The highest BCUT2D eigenvalue weighted by Gasteiger charge is 2.16. The number of hydrogen-bond donors (Lipinski definition) is 3. The molecule has 0 aliphatic rings. The smallest absolute Gasteiger partial charge is 0.193 e. The van der Waals surface area contributed by atoms with Gasteiger partial charge in [0.25, 0.3) is 0 Å². The monoisotopic (exact) mass is 340 g/mol. The molecule has 0 unspecified atom stereocenters.